The van der Waals surface area contributed by atoms with E-state index >= 15 is 0 Å². The van der Waals surface area contributed by atoms with Crippen LogP contribution in [0.1, 0.15) is 0 Å². The van der Waals surface area contributed by atoms with E-state index in [1.165, 1.54) is 0 Å². The third kappa shape index (κ3) is 3.92. The summed E-state index contributed by atoms with van der Waals surface area (Å²) in [5.41, 5.74) is 0. The van der Waals surface area contributed by atoms with E-state index in [0.29, 0.717) is 0 Å². The fraction of sp³-hybridized carbons (Fsp3) is 0.100. The molecule has 0 bridgehead atoms. The number of benzene rings is 3. The molecule has 0 saturated heterocycles. The van der Waals surface area contributed by atoms with Crippen molar-refractivity contribution in [3.05, 3.63) is 91.0 Å². The van der Waals surface area contributed by atoms with Gasteiger partial charge < -0.3 is 0 Å². The second kappa shape index (κ2) is 7.38. The van der Waals surface area contributed by atoms with Gasteiger partial charge in [0.1, 0.15) is 0 Å². The molecule has 0 spiro atoms. The normalized spacial score (nSPS) is 12.8. The quantitative estimate of drug-likeness (QED) is 0.618. The van der Waals surface area contributed by atoms with Crippen LogP contribution in [0.25, 0.3) is 0 Å². The van der Waals surface area contributed by atoms with E-state index in [1.807, 2.05) is 91.0 Å². The molecule has 0 aromatic heterocycles. The predicted octanol–water partition coefficient (Wildman–Crippen LogP) is 4.21. The van der Waals surface area contributed by atoms with Crippen molar-refractivity contribution < 1.29 is 17.7 Å². The van der Waals surface area contributed by atoms with Gasteiger partial charge in [0.15, 0.2) is 0 Å². The number of hydrogen-bond donors (Lipinski definition) is 0. The van der Waals surface area contributed by atoms with Gasteiger partial charge >= 0.3 is 145 Å². The molecule has 3 rings (SSSR count). The molecule has 0 saturated carbocycles. The second-order valence-corrected chi connectivity index (χ2v) is 9.07. The van der Waals surface area contributed by atoms with Gasteiger partial charge in [0.2, 0.25) is 0 Å². The van der Waals surface area contributed by atoms with E-state index in [4.69, 9.17) is 4.52 Å². The van der Waals surface area contributed by atoms with Crippen LogP contribution < -0.4 is 15.9 Å². The SMILES string of the molecule is FC(F)(F)CO[PH](c1ccccc1)(c1ccccc1)c1ccccc1. The first kappa shape index (κ1) is 17.7. The van der Waals surface area contributed by atoms with E-state index < -0.39 is 20.3 Å². The summed E-state index contributed by atoms with van der Waals surface area (Å²) in [6.45, 7) is -1.28. The molecule has 0 radical (unpaired) electrons. The van der Waals surface area contributed by atoms with E-state index in [0.717, 1.165) is 15.9 Å². The Kier molecular flexibility index (Phi) is 5.22. The Bertz CT molecular complexity index is 693. The Morgan fingerprint density at radius 2 is 0.920 bits per heavy atom. The molecule has 25 heavy (non-hydrogen) atoms. The van der Waals surface area contributed by atoms with Crippen LogP contribution >= 0.6 is 7.49 Å². The Balaban J connectivity index is 2.24. The minimum atomic E-state index is -4.39. The van der Waals surface area contributed by atoms with Crippen molar-refractivity contribution in [1.82, 2.24) is 0 Å². The van der Waals surface area contributed by atoms with Crippen LogP contribution in [0.15, 0.2) is 91.0 Å². The zero-order valence-corrected chi connectivity index (χ0v) is 14.4. The predicted molar refractivity (Wildman–Crippen MR) is 98.6 cm³/mol. The first-order chi connectivity index (χ1) is 12.0. The van der Waals surface area contributed by atoms with Gasteiger partial charge in [-0.1, -0.05) is 0 Å². The van der Waals surface area contributed by atoms with Crippen LogP contribution in [-0.4, -0.2) is 12.8 Å². The summed E-state index contributed by atoms with van der Waals surface area (Å²) in [6.07, 6.45) is -4.39. The summed E-state index contributed by atoms with van der Waals surface area (Å²) in [4.78, 5) is 0. The molecule has 0 aliphatic carbocycles. The number of rotatable bonds is 5. The van der Waals surface area contributed by atoms with Gasteiger partial charge in [-0.3, -0.25) is 0 Å². The zero-order chi connectivity index (χ0) is 17.8. The summed E-state index contributed by atoms with van der Waals surface area (Å²) in [6, 6.07) is 27.6. The Hall–Kier alpha value is -2.16. The summed E-state index contributed by atoms with van der Waals surface area (Å²) < 4.78 is 44.9. The molecule has 1 nitrogen and oxygen atoms in total. The number of hydrogen-bond acceptors (Lipinski definition) is 1. The molecule has 3 aromatic carbocycles. The van der Waals surface area contributed by atoms with Crippen LogP contribution in [0.3, 0.4) is 0 Å². The molecule has 5 heteroatoms. The van der Waals surface area contributed by atoms with Crippen LogP contribution in [0.4, 0.5) is 13.2 Å². The molecule has 0 N–H and O–H groups in total. The molecule has 0 amide bonds. The third-order valence-electron chi connectivity index (χ3n) is 3.99. The summed E-state index contributed by atoms with van der Waals surface area (Å²) in [7, 11) is -3.25. The summed E-state index contributed by atoms with van der Waals surface area (Å²) >= 11 is 0. The Morgan fingerprint density at radius 1 is 0.600 bits per heavy atom. The van der Waals surface area contributed by atoms with E-state index in [-0.39, 0.29) is 0 Å². The molecule has 0 aliphatic heterocycles. The molecular formula is C20H18F3OP. The average Bonchev–Trinajstić information content (AvgIpc) is 2.64. The minimum absolute atomic E-state index is 0.789. The van der Waals surface area contributed by atoms with Crippen LogP contribution in [0.2, 0.25) is 0 Å². The van der Waals surface area contributed by atoms with Crippen molar-refractivity contribution in [1.29, 1.82) is 0 Å². The first-order valence-corrected chi connectivity index (χ1v) is 9.80. The van der Waals surface area contributed by atoms with Crippen molar-refractivity contribution >= 4 is 23.4 Å². The van der Waals surface area contributed by atoms with Gasteiger partial charge in [0.05, 0.1) is 0 Å². The van der Waals surface area contributed by atoms with Crippen molar-refractivity contribution in [2.45, 2.75) is 6.18 Å². The monoisotopic (exact) mass is 362 g/mol. The molecule has 0 unspecified atom stereocenters. The van der Waals surface area contributed by atoms with E-state index in [1.54, 1.807) is 0 Å². The van der Waals surface area contributed by atoms with E-state index in [2.05, 4.69) is 0 Å². The van der Waals surface area contributed by atoms with Crippen LogP contribution in [-0.2, 0) is 4.52 Å². The van der Waals surface area contributed by atoms with Gasteiger partial charge in [0, 0.05) is 0 Å². The molecule has 130 valence electrons. The van der Waals surface area contributed by atoms with Gasteiger partial charge in [-0.25, -0.2) is 0 Å². The molecule has 3 aromatic rings. The Morgan fingerprint density at radius 3 is 1.20 bits per heavy atom. The summed E-state index contributed by atoms with van der Waals surface area (Å²) in [5.74, 6) is 0. The maximum absolute atomic E-state index is 13.0. The second-order valence-electron chi connectivity index (χ2n) is 5.68. The summed E-state index contributed by atoms with van der Waals surface area (Å²) in [5, 5.41) is 2.37. The van der Waals surface area contributed by atoms with Gasteiger partial charge in [-0.05, 0) is 0 Å². The Labute approximate surface area is 145 Å². The van der Waals surface area contributed by atoms with Crippen molar-refractivity contribution in [2.75, 3.05) is 6.61 Å². The molecule has 0 aliphatic rings. The van der Waals surface area contributed by atoms with Crippen molar-refractivity contribution in [2.24, 2.45) is 0 Å². The fourth-order valence-electron chi connectivity index (χ4n) is 2.96. The van der Waals surface area contributed by atoms with E-state index in [9.17, 15) is 13.2 Å². The van der Waals surface area contributed by atoms with Gasteiger partial charge in [-0.15, -0.1) is 0 Å². The first-order valence-electron chi connectivity index (χ1n) is 7.90. The number of alkyl halides is 3. The maximum atomic E-state index is 13.0. The molecule has 0 fully saturated rings. The third-order valence-corrected chi connectivity index (χ3v) is 8.01. The average molecular weight is 362 g/mol. The van der Waals surface area contributed by atoms with Gasteiger partial charge in [0.25, 0.3) is 0 Å². The standard InChI is InChI=1S/C20H18F3OP/c21-20(22,23)16-24-25(17-10-4-1-5-11-17,18-12-6-2-7-13-18)19-14-8-3-9-15-19/h1-15,25H,16H2. The molecule has 0 atom stereocenters. The van der Waals surface area contributed by atoms with Crippen LogP contribution in [0.5, 0.6) is 0 Å². The molecular weight excluding hydrogens is 344 g/mol. The topological polar surface area (TPSA) is 9.23 Å². The van der Waals surface area contributed by atoms with Crippen molar-refractivity contribution in [3.63, 3.8) is 0 Å². The van der Waals surface area contributed by atoms with Gasteiger partial charge in [-0.2, -0.15) is 0 Å². The van der Waals surface area contributed by atoms with Crippen molar-refractivity contribution in [3.8, 4) is 0 Å². The zero-order valence-electron chi connectivity index (χ0n) is 13.4. The molecule has 0 heterocycles. The van der Waals surface area contributed by atoms with Crippen LogP contribution in [0, 0.1) is 0 Å². The number of halogens is 3. The fourth-order valence-corrected chi connectivity index (χ4v) is 6.82.